The van der Waals surface area contributed by atoms with Gasteiger partial charge in [0.25, 0.3) is 5.91 Å². The number of nitrogens with one attached hydrogen (secondary N) is 1. The summed E-state index contributed by atoms with van der Waals surface area (Å²) in [4.78, 5) is 23.6. The molecule has 1 aromatic carbocycles. The third kappa shape index (κ3) is 6.82. The molecule has 2 rings (SSSR count). The fourth-order valence-corrected chi connectivity index (χ4v) is 5.01. The summed E-state index contributed by atoms with van der Waals surface area (Å²) in [5.74, 6) is 2.48. The largest absolute Gasteiger partial charge is 0.482 e. The van der Waals surface area contributed by atoms with Crippen molar-refractivity contribution in [3.05, 3.63) is 29.8 Å². The molecule has 0 saturated carbocycles. The van der Waals surface area contributed by atoms with Crippen LogP contribution in [0.5, 0.6) is 5.75 Å². The molecule has 1 aliphatic rings. The van der Waals surface area contributed by atoms with Gasteiger partial charge in [0, 0.05) is 18.1 Å². The summed E-state index contributed by atoms with van der Waals surface area (Å²) in [7, 11) is 0. The van der Waals surface area contributed by atoms with E-state index in [2.05, 4.69) is 5.32 Å². The first kappa shape index (κ1) is 20.0. The Morgan fingerprint density at radius 2 is 1.80 bits per heavy atom. The summed E-state index contributed by atoms with van der Waals surface area (Å²) in [5.41, 5.74) is 1.26. The molecule has 1 atom stereocenters. The van der Waals surface area contributed by atoms with Gasteiger partial charge in [-0.05, 0) is 30.5 Å². The topological polar surface area (TPSA) is 64.6 Å². The normalized spacial score (nSPS) is 15.8. The van der Waals surface area contributed by atoms with Crippen LogP contribution in [0.15, 0.2) is 24.3 Å². The van der Waals surface area contributed by atoms with Crippen molar-refractivity contribution in [2.75, 3.05) is 24.7 Å². The lowest BCUT2D eigenvalue weighted by atomic mass is 10.2. The van der Waals surface area contributed by atoms with Crippen molar-refractivity contribution >= 4 is 35.4 Å². The first-order valence-electron chi connectivity index (χ1n) is 8.39. The van der Waals surface area contributed by atoms with Crippen molar-refractivity contribution in [1.82, 2.24) is 5.32 Å². The summed E-state index contributed by atoms with van der Waals surface area (Å²) < 4.78 is 11.0. The number of esters is 1. The van der Waals surface area contributed by atoms with E-state index in [-0.39, 0.29) is 12.5 Å². The van der Waals surface area contributed by atoms with E-state index in [4.69, 9.17) is 9.47 Å². The highest BCUT2D eigenvalue weighted by Gasteiger charge is 2.19. The van der Waals surface area contributed by atoms with Crippen LogP contribution in [0.4, 0.5) is 0 Å². The summed E-state index contributed by atoms with van der Waals surface area (Å²) in [6.45, 7) is 5.90. The maximum Gasteiger partial charge on any atom is 0.344 e. The third-order valence-electron chi connectivity index (χ3n) is 3.49. The Bertz CT molecular complexity index is 571. The van der Waals surface area contributed by atoms with Crippen LogP contribution in [0.2, 0.25) is 0 Å². The van der Waals surface area contributed by atoms with Crippen LogP contribution in [0.3, 0.4) is 0 Å². The Hall–Kier alpha value is -1.34. The molecule has 1 fully saturated rings. The minimum Gasteiger partial charge on any atom is -0.482 e. The van der Waals surface area contributed by atoms with Crippen LogP contribution in [0.25, 0.3) is 0 Å². The molecule has 7 heteroatoms. The van der Waals surface area contributed by atoms with Crippen LogP contribution in [-0.4, -0.2) is 42.6 Å². The van der Waals surface area contributed by atoms with Gasteiger partial charge in [0.2, 0.25) is 0 Å². The van der Waals surface area contributed by atoms with E-state index in [0.717, 1.165) is 0 Å². The standard InChI is InChI=1S/C18H25NO4S2/c1-12(2)10-19-17(21)13(3)23-16(20)11-22-15-6-4-14(5-7-15)18-24-8-9-25-18/h4-7,12-13,18H,8-11H2,1-3H3,(H,19,21)/t13-/m1/s1. The van der Waals surface area contributed by atoms with E-state index in [9.17, 15) is 9.59 Å². The van der Waals surface area contributed by atoms with Gasteiger partial charge in [-0.15, -0.1) is 23.5 Å². The van der Waals surface area contributed by atoms with E-state index in [0.29, 0.717) is 22.8 Å². The van der Waals surface area contributed by atoms with Crippen LogP contribution >= 0.6 is 23.5 Å². The zero-order valence-corrected chi connectivity index (χ0v) is 16.5. The van der Waals surface area contributed by atoms with E-state index in [1.165, 1.54) is 17.1 Å². The van der Waals surface area contributed by atoms with Crippen LogP contribution in [-0.2, 0) is 14.3 Å². The molecule has 1 amide bonds. The van der Waals surface area contributed by atoms with Gasteiger partial charge in [0.1, 0.15) is 5.75 Å². The SMILES string of the molecule is CC(C)CNC(=O)[C@@H](C)OC(=O)COc1ccc(C2SCCS2)cc1. The Balaban J connectivity index is 1.72. The first-order valence-corrected chi connectivity index (χ1v) is 10.5. The van der Waals surface area contributed by atoms with E-state index in [1.54, 1.807) is 6.92 Å². The van der Waals surface area contributed by atoms with Crippen LogP contribution in [0.1, 0.15) is 30.9 Å². The summed E-state index contributed by atoms with van der Waals surface area (Å²) >= 11 is 3.89. The zero-order valence-electron chi connectivity index (χ0n) is 14.8. The van der Waals surface area contributed by atoms with Gasteiger partial charge in [-0.2, -0.15) is 0 Å². The molecule has 0 spiro atoms. The summed E-state index contributed by atoms with van der Waals surface area (Å²) in [5, 5.41) is 2.73. The van der Waals surface area contributed by atoms with Gasteiger partial charge in [0.15, 0.2) is 12.7 Å². The minimum absolute atomic E-state index is 0.214. The average Bonchev–Trinajstić information content (AvgIpc) is 3.12. The summed E-state index contributed by atoms with van der Waals surface area (Å²) in [6, 6.07) is 7.78. The Morgan fingerprint density at radius 3 is 2.40 bits per heavy atom. The number of hydrogen-bond donors (Lipinski definition) is 1. The monoisotopic (exact) mass is 383 g/mol. The van der Waals surface area contributed by atoms with Crippen molar-refractivity contribution in [2.45, 2.75) is 31.5 Å². The molecule has 25 heavy (non-hydrogen) atoms. The molecule has 138 valence electrons. The van der Waals surface area contributed by atoms with E-state index >= 15 is 0 Å². The molecule has 1 saturated heterocycles. The van der Waals surface area contributed by atoms with E-state index in [1.807, 2.05) is 61.6 Å². The van der Waals surface area contributed by atoms with Gasteiger partial charge in [0.05, 0.1) is 4.58 Å². The van der Waals surface area contributed by atoms with Crippen molar-refractivity contribution in [3.8, 4) is 5.75 Å². The highest BCUT2D eigenvalue weighted by Crippen LogP contribution is 2.45. The lowest BCUT2D eigenvalue weighted by molar-refractivity contribution is -0.156. The smallest absolute Gasteiger partial charge is 0.344 e. The lowest BCUT2D eigenvalue weighted by Crippen LogP contribution is -2.38. The molecule has 0 aliphatic carbocycles. The van der Waals surface area contributed by atoms with Gasteiger partial charge in [-0.3, -0.25) is 4.79 Å². The summed E-state index contributed by atoms with van der Waals surface area (Å²) in [6.07, 6.45) is -0.825. The first-order chi connectivity index (χ1) is 12.0. The number of hydrogen-bond acceptors (Lipinski definition) is 6. The Labute approximate surface area is 157 Å². The van der Waals surface area contributed by atoms with Crippen LogP contribution < -0.4 is 10.1 Å². The highest BCUT2D eigenvalue weighted by atomic mass is 32.2. The second-order valence-electron chi connectivity index (χ2n) is 6.20. The van der Waals surface area contributed by atoms with Gasteiger partial charge in [-0.1, -0.05) is 26.0 Å². The molecule has 1 N–H and O–H groups in total. The van der Waals surface area contributed by atoms with Gasteiger partial charge < -0.3 is 14.8 Å². The lowest BCUT2D eigenvalue weighted by Gasteiger charge is -2.15. The molecule has 1 aromatic rings. The van der Waals surface area contributed by atoms with Gasteiger partial charge in [-0.25, -0.2) is 4.79 Å². The molecule has 1 heterocycles. The van der Waals surface area contributed by atoms with Gasteiger partial charge >= 0.3 is 5.97 Å². The van der Waals surface area contributed by atoms with Crippen molar-refractivity contribution in [1.29, 1.82) is 0 Å². The number of benzene rings is 1. The highest BCUT2D eigenvalue weighted by molar-refractivity contribution is 8.19. The number of carbonyl (C=O) groups is 2. The predicted molar refractivity (Wildman–Crippen MR) is 103 cm³/mol. The third-order valence-corrected chi connectivity index (χ3v) is 6.60. The molecular formula is C18H25NO4S2. The molecule has 0 aromatic heterocycles. The van der Waals surface area contributed by atoms with E-state index < -0.39 is 12.1 Å². The van der Waals surface area contributed by atoms with Crippen molar-refractivity contribution < 1.29 is 19.1 Å². The van der Waals surface area contributed by atoms with Crippen molar-refractivity contribution in [2.24, 2.45) is 5.92 Å². The Kier molecular flexibility index (Phi) is 7.96. The molecular weight excluding hydrogens is 358 g/mol. The fourth-order valence-electron chi connectivity index (χ4n) is 2.15. The number of carbonyl (C=O) groups excluding carboxylic acids is 2. The minimum atomic E-state index is -0.825. The number of rotatable bonds is 8. The second-order valence-corrected chi connectivity index (χ2v) is 8.93. The molecule has 0 bridgehead atoms. The fraction of sp³-hybridized carbons (Fsp3) is 0.556. The molecule has 1 aliphatic heterocycles. The molecule has 5 nitrogen and oxygen atoms in total. The Morgan fingerprint density at radius 1 is 1.16 bits per heavy atom. The van der Waals surface area contributed by atoms with Crippen LogP contribution in [0, 0.1) is 5.92 Å². The maximum atomic E-state index is 11.8. The number of amides is 1. The number of thioether (sulfide) groups is 2. The predicted octanol–water partition coefficient (Wildman–Crippen LogP) is 3.25. The number of ether oxygens (including phenoxy) is 2. The molecule has 0 unspecified atom stereocenters. The maximum absolute atomic E-state index is 11.8. The average molecular weight is 384 g/mol. The van der Waals surface area contributed by atoms with Crippen molar-refractivity contribution in [3.63, 3.8) is 0 Å². The zero-order chi connectivity index (χ0) is 18.2. The molecule has 0 radical (unpaired) electrons. The second kappa shape index (κ2) is 9.97. The quantitative estimate of drug-likeness (QED) is 0.695.